The maximum absolute atomic E-state index is 11.7. The van der Waals surface area contributed by atoms with Gasteiger partial charge in [-0.15, -0.1) is 0 Å². The molecule has 0 saturated heterocycles. The van der Waals surface area contributed by atoms with E-state index in [1.165, 1.54) is 6.07 Å². The van der Waals surface area contributed by atoms with Gasteiger partial charge in [0.2, 0.25) is 0 Å². The van der Waals surface area contributed by atoms with E-state index in [0.29, 0.717) is 11.5 Å². The summed E-state index contributed by atoms with van der Waals surface area (Å²) in [6.45, 7) is 0. The van der Waals surface area contributed by atoms with Gasteiger partial charge < -0.3 is 4.98 Å². The van der Waals surface area contributed by atoms with E-state index in [1.54, 1.807) is 10.9 Å². The van der Waals surface area contributed by atoms with E-state index in [9.17, 15) is 4.79 Å². The molecule has 0 unspecified atom stereocenters. The van der Waals surface area contributed by atoms with E-state index in [1.807, 2.05) is 43.6 Å². The van der Waals surface area contributed by atoms with Crippen molar-refractivity contribution in [3.63, 3.8) is 0 Å². The van der Waals surface area contributed by atoms with Crippen LogP contribution in [0.1, 0.15) is 0 Å². The number of aryl methyl sites for hydroxylation is 1. The fourth-order valence-electron chi connectivity index (χ4n) is 1.89. The Morgan fingerprint density at radius 1 is 1.16 bits per heavy atom. The maximum atomic E-state index is 11.7. The summed E-state index contributed by atoms with van der Waals surface area (Å²) in [4.78, 5) is 19.0. The molecule has 94 valence electrons. The van der Waals surface area contributed by atoms with Crippen molar-refractivity contribution in [3.05, 3.63) is 59.1 Å². The third-order valence-corrected chi connectivity index (χ3v) is 2.79. The SMILES string of the molecule is Cn1cc(-c2cc(=O)[nH]c(-c3ccccc3)n2)cn1. The molecule has 2 heterocycles. The minimum absolute atomic E-state index is 0.173. The Balaban J connectivity index is 2.14. The summed E-state index contributed by atoms with van der Waals surface area (Å²) in [5.41, 5.74) is 2.15. The number of hydrogen-bond acceptors (Lipinski definition) is 3. The zero-order valence-electron chi connectivity index (χ0n) is 10.4. The number of benzene rings is 1. The van der Waals surface area contributed by atoms with Gasteiger partial charge in [0, 0.05) is 30.4 Å². The van der Waals surface area contributed by atoms with Gasteiger partial charge in [-0.25, -0.2) is 4.98 Å². The van der Waals surface area contributed by atoms with E-state index < -0.39 is 0 Å². The van der Waals surface area contributed by atoms with Crippen LogP contribution in [0.15, 0.2) is 53.6 Å². The van der Waals surface area contributed by atoms with Crippen LogP contribution >= 0.6 is 0 Å². The smallest absolute Gasteiger partial charge is 0.251 e. The topological polar surface area (TPSA) is 63.6 Å². The van der Waals surface area contributed by atoms with Crippen LogP contribution in [0, 0.1) is 0 Å². The normalized spacial score (nSPS) is 10.6. The molecule has 5 heteroatoms. The second-order valence-electron chi connectivity index (χ2n) is 4.25. The molecule has 1 aromatic carbocycles. The minimum atomic E-state index is -0.173. The summed E-state index contributed by atoms with van der Waals surface area (Å²) >= 11 is 0. The quantitative estimate of drug-likeness (QED) is 0.757. The van der Waals surface area contributed by atoms with Gasteiger partial charge in [0.1, 0.15) is 5.82 Å². The standard InChI is InChI=1S/C14H12N4O/c1-18-9-11(8-15-18)12-7-13(19)17-14(16-12)10-5-3-2-4-6-10/h2-9H,1H3,(H,16,17,19). The first-order chi connectivity index (χ1) is 9.22. The van der Waals surface area contributed by atoms with E-state index in [-0.39, 0.29) is 5.56 Å². The van der Waals surface area contributed by atoms with Crippen molar-refractivity contribution in [2.24, 2.45) is 7.05 Å². The van der Waals surface area contributed by atoms with Crippen molar-refractivity contribution in [1.29, 1.82) is 0 Å². The predicted octanol–water partition coefficient (Wildman–Crippen LogP) is 1.84. The molecule has 3 rings (SSSR count). The van der Waals surface area contributed by atoms with Crippen LogP contribution in [0.25, 0.3) is 22.6 Å². The van der Waals surface area contributed by atoms with Crippen LogP contribution in [-0.4, -0.2) is 19.7 Å². The molecular formula is C14H12N4O. The monoisotopic (exact) mass is 252 g/mol. The average Bonchev–Trinajstić information content (AvgIpc) is 2.86. The third kappa shape index (κ3) is 2.30. The fraction of sp³-hybridized carbons (Fsp3) is 0.0714. The average molecular weight is 252 g/mol. The number of nitrogens with one attached hydrogen (secondary N) is 1. The summed E-state index contributed by atoms with van der Waals surface area (Å²) in [7, 11) is 1.83. The van der Waals surface area contributed by atoms with E-state index in [4.69, 9.17) is 0 Å². The summed E-state index contributed by atoms with van der Waals surface area (Å²) < 4.78 is 1.68. The van der Waals surface area contributed by atoms with Gasteiger partial charge in [-0.2, -0.15) is 5.10 Å². The third-order valence-electron chi connectivity index (χ3n) is 2.79. The van der Waals surface area contributed by atoms with Gasteiger partial charge in [-0.05, 0) is 0 Å². The summed E-state index contributed by atoms with van der Waals surface area (Å²) in [6, 6.07) is 11.0. The summed E-state index contributed by atoms with van der Waals surface area (Å²) in [6.07, 6.45) is 3.52. The van der Waals surface area contributed by atoms with Crippen molar-refractivity contribution in [3.8, 4) is 22.6 Å². The number of aromatic amines is 1. The highest BCUT2D eigenvalue weighted by Crippen LogP contribution is 2.18. The lowest BCUT2D eigenvalue weighted by molar-refractivity contribution is 0.768. The highest BCUT2D eigenvalue weighted by atomic mass is 16.1. The highest BCUT2D eigenvalue weighted by molar-refractivity contribution is 5.62. The first kappa shape index (κ1) is 11.4. The molecular weight excluding hydrogens is 240 g/mol. The van der Waals surface area contributed by atoms with Gasteiger partial charge in [0.15, 0.2) is 0 Å². The molecule has 0 spiro atoms. The van der Waals surface area contributed by atoms with Crippen molar-refractivity contribution in [1.82, 2.24) is 19.7 Å². The van der Waals surface area contributed by atoms with E-state index in [2.05, 4.69) is 15.1 Å². The van der Waals surface area contributed by atoms with Crippen molar-refractivity contribution in [2.75, 3.05) is 0 Å². The van der Waals surface area contributed by atoms with E-state index in [0.717, 1.165) is 11.1 Å². The second-order valence-corrected chi connectivity index (χ2v) is 4.25. The van der Waals surface area contributed by atoms with Crippen LogP contribution in [0.3, 0.4) is 0 Å². The fourth-order valence-corrected chi connectivity index (χ4v) is 1.89. The molecule has 1 N–H and O–H groups in total. The van der Waals surface area contributed by atoms with E-state index >= 15 is 0 Å². The molecule has 0 saturated carbocycles. The van der Waals surface area contributed by atoms with Crippen molar-refractivity contribution < 1.29 is 0 Å². The Morgan fingerprint density at radius 3 is 2.63 bits per heavy atom. The lowest BCUT2D eigenvalue weighted by Crippen LogP contribution is -2.08. The Kier molecular flexibility index (Phi) is 2.72. The zero-order valence-corrected chi connectivity index (χ0v) is 10.4. The number of nitrogens with zero attached hydrogens (tertiary/aromatic N) is 3. The molecule has 5 nitrogen and oxygen atoms in total. The lowest BCUT2D eigenvalue weighted by atomic mass is 10.2. The minimum Gasteiger partial charge on any atom is -0.306 e. The maximum Gasteiger partial charge on any atom is 0.251 e. The lowest BCUT2D eigenvalue weighted by Gasteiger charge is -2.02. The first-order valence-corrected chi connectivity index (χ1v) is 5.88. The summed E-state index contributed by atoms with van der Waals surface area (Å²) in [5, 5.41) is 4.09. The van der Waals surface area contributed by atoms with Crippen molar-refractivity contribution in [2.45, 2.75) is 0 Å². The molecule has 0 radical (unpaired) electrons. The largest absolute Gasteiger partial charge is 0.306 e. The van der Waals surface area contributed by atoms with Crippen LogP contribution < -0.4 is 5.56 Å². The molecule has 0 aliphatic rings. The molecule has 0 aliphatic carbocycles. The highest BCUT2D eigenvalue weighted by Gasteiger charge is 2.07. The Hall–Kier alpha value is -2.69. The van der Waals surface area contributed by atoms with Gasteiger partial charge >= 0.3 is 0 Å². The molecule has 19 heavy (non-hydrogen) atoms. The second kappa shape index (κ2) is 4.53. The number of H-pyrrole nitrogens is 1. The molecule has 3 aromatic rings. The van der Waals surface area contributed by atoms with Crippen LogP contribution in [0.2, 0.25) is 0 Å². The van der Waals surface area contributed by atoms with Gasteiger partial charge in [0.05, 0.1) is 11.9 Å². The number of rotatable bonds is 2. The molecule has 2 aromatic heterocycles. The van der Waals surface area contributed by atoms with Gasteiger partial charge in [-0.3, -0.25) is 9.48 Å². The van der Waals surface area contributed by atoms with Gasteiger partial charge in [0.25, 0.3) is 5.56 Å². The first-order valence-electron chi connectivity index (χ1n) is 5.88. The Labute approximate surface area is 109 Å². The molecule has 0 aliphatic heterocycles. The van der Waals surface area contributed by atoms with Crippen LogP contribution in [0.4, 0.5) is 0 Å². The van der Waals surface area contributed by atoms with Crippen molar-refractivity contribution >= 4 is 0 Å². The molecule has 0 bridgehead atoms. The summed E-state index contributed by atoms with van der Waals surface area (Å²) in [5.74, 6) is 0.562. The molecule has 0 fully saturated rings. The Bertz CT molecular complexity index is 758. The van der Waals surface area contributed by atoms with Gasteiger partial charge in [-0.1, -0.05) is 30.3 Å². The number of aromatic nitrogens is 4. The number of hydrogen-bond donors (Lipinski definition) is 1. The van der Waals surface area contributed by atoms with Crippen LogP contribution in [0.5, 0.6) is 0 Å². The predicted molar refractivity (Wildman–Crippen MR) is 72.5 cm³/mol. The van der Waals surface area contributed by atoms with Crippen LogP contribution in [-0.2, 0) is 7.05 Å². The molecule has 0 amide bonds. The molecule has 0 atom stereocenters. The Morgan fingerprint density at radius 2 is 1.95 bits per heavy atom. The zero-order chi connectivity index (χ0) is 13.2.